The molecule has 0 radical (unpaired) electrons. The summed E-state index contributed by atoms with van der Waals surface area (Å²) in [4.78, 5) is 16.6. The first-order valence-electron chi connectivity index (χ1n) is 6.77. The molecule has 2 rings (SSSR count). The lowest BCUT2D eigenvalue weighted by molar-refractivity contribution is -0.136. The summed E-state index contributed by atoms with van der Waals surface area (Å²) in [7, 11) is 0. The highest BCUT2D eigenvalue weighted by atomic mass is 32.2. The molecule has 1 aromatic carbocycles. The van der Waals surface area contributed by atoms with Gasteiger partial charge in [-0.15, -0.1) is 11.8 Å². The van der Waals surface area contributed by atoms with E-state index in [1.54, 1.807) is 11.8 Å². The summed E-state index contributed by atoms with van der Waals surface area (Å²) in [6.45, 7) is 6.21. The number of aromatic nitrogens is 1. The molecule has 3 nitrogen and oxygen atoms in total. The molecule has 0 atom stereocenters. The Morgan fingerprint density at radius 2 is 2.10 bits per heavy atom. The van der Waals surface area contributed by atoms with Gasteiger partial charge in [-0.25, -0.2) is 0 Å². The highest BCUT2D eigenvalue weighted by Crippen LogP contribution is 2.33. The average Bonchev–Trinajstić information content (AvgIpc) is 2.39. The van der Waals surface area contributed by atoms with Crippen molar-refractivity contribution in [1.82, 2.24) is 4.98 Å². The number of carboxylic acids is 1. The highest BCUT2D eigenvalue weighted by Gasteiger charge is 2.12. The van der Waals surface area contributed by atoms with Crippen molar-refractivity contribution in [2.45, 2.75) is 38.5 Å². The van der Waals surface area contributed by atoms with Crippen LogP contribution in [0.25, 0.3) is 10.9 Å². The van der Waals surface area contributed by atoms with Crippen molar-refractivity contribution in [1.29, 1.82) is 0 Å². The molecule has 1 heterocycles. The summed E-state index contributed by atoms with van der Waals surface area (Å²) < 4.78 is 0. The molecule has 4 heteroatoms. The SMILES string of the molecule is CCc1c(C)nc2ccc(C)cc2c1SCCC(=O)O. The predicted octanol–water partition coefficient (Wildman–Crippen LogP) is 3.98. The zero-order valence-corrected chi connectivity index (χ0v) is 12.9. The first-order valence-corrected chi connectivity index (χ1v) is 7.76. The summed E-state index contributed by atoms with van der Waals surface area (Å²) in [5.74, 6) is -0.156. The maximum Gasteiger partial charge on any atom is 0.304 e. The minimum absolute atomic E-state index is 0.183. The van der Waals surface area contributed by atoms with Gasteiger partial charge in [-0.05, 0) is 38.0 Å². The van der Waals surface area contributed by atoms with Crippen LogP contribution in [0.3, 0.4) is 0 Å². The second-order valence-corrected chi connectivity index (χ2v) is 5.98. The fraction of sp³-hybridized carbons (Fsp3) is 0.375. The molecule has 0 bridgehead atoms. The van der Waals surface area contributed by atoms with Gasteiger partial charge in [-0.1, -0.05) is 18.6 Å². The number of benzene rings is 1. The number of fused-ring (bicyclic) bond motifs is 1. The highest BCUT2D eigenvalue weighted by molar-refractivity contribution is 7.99. The fourth-order valence-electron chi connectivity index (χ4n) is 2.33. The van der Waals surface area contributed by atoms with Gasteiger partial charge in [0.1, 0.15) is 0 Å². The largest absolute Gasteiger partial charge is 0.481 e. The van der Waals surface area contributed by atoms with E-state index in [4.69, 9.17) is 5.11 Å². The van der Waals surface area contributed by atoms with Crippen molar-refractivity contribution in [3.63, 3.8) is 0 Å². The Kier molecular flexibility index (Phi) is 4.65. The van der Waals surface area contributed by atoms with Crippen molar-refractivity contribution in [3.8, 4) is 0 Å². The van der Waals surface area contributed by atoms with Gasteiger partial charge in [0.05, 0.1) is 11.9 Å². The molecule has 0 aliphatic heterocycles. The van der Waals surface area contributed by atoms with Crippen LogP contribution in [0.15, 0.2) is 23.1 Å². The number of aryl methyl sites for hydroxylation is 2. The smallest absolute Gasteiger partial charge is 0.304 e. The van der Waals surface area contributed by atoms with Crippen LogP contribution in [-0.4, -0.2) is 21.8 Å². The summed E-state index contributed by atoms with van der Waals surface area (Å²) in [6.07, 6.45) is 1.10. The van der Waals surface area contributed by atoms with Gasteiger partial charge in [0, 0.05) is 21.7 Å². The molecule has 0 aliphatic carbocycles. The van der Waals surface area contributed by atoms with Crippen molar-refractivity contribution < 1.29 is 9.90 Å². The quantitative estimate of drug-likeness (QED) is 0.846. The topological polar surface area (TPSA) is 50.2 Å². The second kappa shape index (κ2) is 6.27. The Hall–Kier alpha value is -1.55. The zero-order chi connectivity index (χ0) is 14.7. The lowest BCUT2D eigenvalue weighted by Gasteiger charge is -2.14. The molecule has 0 saturated heterocycles. The molecule has 1 aromatic heterocycles. The molecule has 0 spiro atoms. The Balaban J connectivity index is 2.51. The van der Waals surface area contributed by atoms with Gasteiger partial charge in [0.15, 0.2) is 0 Å². The molecule has 0 fully saturated rings. The van der Waals surface area contributed by atoms with E-state index in [1.165, 1.54) is 16.0 Å². The molecule has 20 heavy (non-hydrogen) atoms. The van der Waals surface area contributed by atoms with E-state index in [9.17, 15) is 4.79 Å². The van der Waals surface area contributed by atoms with E-state index < -0.39 is 5.97 Å². The number of carboxylic acid groups (broad SMARTS) is 1. The number of carbonyl (C=O) groups is 1. The number of hydrogen-bond donors (Lipinski definition) is 1. The lowest BCUT2D eigenvalue weighted by Crippen LogP contribution is -2.00. The minimum Gasteiger partial charge on any atom is -0.481 e. The predicted molar refractivity (Wildman–Crippen MR) is 83.6 cm³/mol. The van der Waals surface area contributed by atoms with Crippen LogP contribution in [0.4, 0.5) is 0 Å². The second-order valence-electron chi connectivity index (χ2n) is 4.87. The Morgan fingerprint density at radius 3 is 2.75 bits per heavy atom. The standard InChI is InChI=1S/C16H19NO2S/c1-4-12-11(3)17-14-6-5-10(2)9-13(14)16(12)20-8-7-15(18)19/h5-6,9H,4,7-8H2,1-3H3,(H,18,19). The molecule has 2 aromatic rings. The third-order valence-corrected chi connectivity index (χ3v) is 4.47. The van der Waals surface area contributed by atoms with Crippen molar-refractivity contribution in [2.75, 3.05) is 5.75 Å². The molecule has 106 valence electrons. The van der Waals surface area contributed by atoms with E-state index in [1.807, 2.05) is 13.0 Å². The summed E-state index contributed by atoms with van der Waals surface area (Å²) >= 11 is 1.63. The monoisotopic (exact) mass is 289 g/mol. The van der Waals surface area contributed by atoms with Crippen LogP contribution >= 0.6 is 11.8 Å². The van der Waals surface area contributed by atoms with Crippen LogP contribution in [-0.2, 0) is 11.2 Å². The number of aliphatic carboxylic acids is 1. The molecule has 0 amide bonds. The van der Waals surface area contributed by atoms with Crippen molar-refractivity contribution >= 4 is 28.6 Å². The van der Waals surface area contributed by atoms with E-state index >= 15 is 0 Å². The first kappa shape index (κ1) is 14.9. The molecule has 0 saturated carbocycles. The average molecular weight is 289 g/mol. The number of nitrogens with zero attached hydrogens (tertiary/aromatic N) is 1. The Bertz CT molecular complexity index is 652. The van der Waals surface area contributed by atoms with Crippen molar-refractivity contribution in [3.05, 3.63) is 35.0 Å². The molecular weight excluding hydrogens is 270 g/mol. The van der Waals surface area contributed by atoms with Crippen LogP contribution in [0, 0.1) is 13.8 Å². The maximum atomic E-state index is 10.7. The molecular formula is C16H19NO2S. The normalized spacial score (nSPS) is 10.9. The van der Waals surface area contributed by atoms with Crippen LogP contribution in [0.1, 0.15) is 30.2 Å². The van der Waals surface area contributed by atoms with E-state index in [2.05, 4.69) is 31.0 Å². The summed E-state index contributed by atoms with van der Waals surface area (Å²) in [5, 5.41) is 9.95. The fourth-order valence-corrected chi connectivity index (χ4v) is 3.59. The zero-order valence-electron chi connectivity index (χ0n) is 12.1. The third kappa shape index (κ3) is 3.12. The van der Waals surface area contributed by atoms with Gasteiger partial charge >= 0.3 is 5.97 Å². The summed E-state index contributed by atoms with van der Waals surface area (Å²) in [6, 6.07) is 6.24. The van der Waals surface area contributed by atoms with E-state index in [0.717, 1.165) is 23.0 Å². The van der Waals surface area contributed by atoms with Crippen LogP contribution in [0.5, 0.6) is 0 Å². The van der Waals surface area contributed by atoms with Gasteiger partial charge in [-0.3, -0.25) is 9.78 Å². The number of pyridine rings is 1. The third-order valence-electron chi connectivity index (χ3n) is 3.31. The van der Waals surface area contributed by atoms with Crippen LogP contribution < -0.4 is 0 Å². The maximum absolute atomic E-state index is 10.7. The van der Waals surface area contributed by atoms with Gasteiger partial charge < -0.3 is 5.11 Å². The first-order chi connectivity index (χ1) is 9.52. The molecule has 0 unspecified atom stereocenters. The van der Waals surface area contributed by atoms with E-state index in [0.29, 0.717) is 5.75 Å². The summed E-state index contributed by atoms with van der Waals surface area (Å²) in [5.41, 5.74) is 4.47. The van der Waals surface area contributed by atoms with Crippen molar-refractivity contribution in [2.24, 2.45) is 0 Å². The van der Waals surface area contributed by atoms with Gasteiger partial charge in [0.2, 0.25) is 0 Å². The number of hydrogen-bond acceptors (Lipinski definition) is 3. The lowest BCUT2D eigenvalue weighted by atomic mass is 10.1. The van der Waals surface area contributed by atoms with E-state index in [-0.39, 0.29) is 6.42 Å². The molecule has 1 N–H and O–H groups in total. The van der Waals surface area contributed by atoms with Gasteiger partial charge in [-0.2, -0.15) is 0 Å². The Morgan fingerprint density at radius 1 is 1.35 bits per heavy atom. The minimum atomic E-state index is -0.748. The van der Waals surface area contributed by atoms with Gasteiger partial charge in [0.25, 0.3) is 0 Å². The molecule has 0 aliphatic rings. The number of rotatable bonds is 5. The van der Waals surface area contributed by atoms with Crippen LogP contribution in [0.2, 0.25) is 0 Å². The Labute approximate surface area is 123 Å². The number of thioether (sulfide) groups is 1.